The van der Waals surface area contributed by atoms with Crippen LogP contribution in [0.5, 0.6) is 0 Å². The number of benzene rings is 1. The quantitative estimate of drug-likeness (QED) is 0.517. The molecular formula is C22H31N5O3. The highest BCUT2D eigenvalue weighted by Crippen LogP contribution is 2.09. The molecule has 162 valence electrons. The first-order valence-corrected chi connectivity index (χ1v) is 10.2. The molecule has 8 heteroatoms. The third-order valence-corrected chi connectivity index (χ3v) is 4.04. The number of hydrogen-bond donors (Lipinski definition) is 3. The summed E-state index contributed by atoms with van der Waals surface area (Å²) >= 11 is 0. The minimum Gasteiger partial charge on any atom is -0.444 e. The van der Waals surface area contributed by atoms with Crippen molar-refractivity contribution in [1.82, 2.24) is 20.6 Å². The largest absolute Gasteiger partial charge is 0.444 e. The van der Waals surface area contributed by atoms with Crippen molar-refractivity contribution in [2.24, 2.45) is 0 Å². The Balaban J connectivity index is 1.80. The minimum absolute atomic E-state index is 0.232. The fraction of sp³-hybridized carbons (Fsp3) is 0.455. The summed E-state index contributed by atoms with van der Waals surface area (Å²) in [6.45, 7) is 6.58. The van der Waals surface area contributed by atoms with Gasteiger partial charge in [-0.15, -0.1) is 0 Å². The number of unbranched alkanes of at least 4 members (excludes halogenated alkanes) is 1. The third kappa shape index (κ3) is 9.36. The first-order chi connectivity index (χ1) is 14.3. The minimum atomic E-state index is -0.710. The van der Waals surface area contributed by atoms with Gasteiger partial charge in [-0.3, -0.25) is 4.79 Å². The zero-order valence-corrected chi connectivity index (χ0v) is 17.9. The van der Waals surface area contributed by atoms with E-state index < -0.39 is 17.7 Å². The number of rotatable bonds is 10. The number of hydrogen-bond acceptors (Lipinski definition) is 6. The number of ether oxygens (including phenoxy) is 1. The highest BCUT2D eigenvalue weighted by atomic mass is 16.6. The lowest BCUT2D eigenvalue weighted by atomic mass is 10.1. The van der Waals surface area contributed by atoms with Crippen molar-refractivity contribution in [3.05, 3.63) is 54.4 Å². The lowest BCUT2D eigenvalue weighted by molar-refractivity contribution is -0.123. The molecule has 0 aliphatic carbocycles. The predicted molar refractivity (Wildman–Crippen MR) is 116 cm³/mol. The van der Waals surface area contributed by atoms with Gasteiger partial charge >= 0.3 is 6.09 Å². The Bertz CT molecular complexity index is 778. The van der Waals surface area contributed by atoms with E-state index >= 15 is 0 Å². The maximum Gasteiger partial charge on any atom is 0.408 e. The predicted octanol–water partition coefficient (Wildman–Crippen LogP) is 2.92. The first-order valence-electron chi connectivity index (χ1n) is 10.2. The Labute approximate surface area is 177 Å². The van der Waals surface area contributed by atoms with Gasteiger partial charge in [0.15, 0.2) is 0 Å². The molecule has 0 fully saturated rings. The van der Waals surface area contributed by atoms with E-state index in [4.69, 9.17) is 4.74 Å². The Kier molecular flexibility index (Phi) is 9.05. The fourth-order valence-electron chi connectivity index (χ4n) is 2.68. The molecule has 1 heterocycles. The van der Waals surface area contributed by atoms with Gasteiger partial charge in [0, 0.05) is 31.9 Å². The van der Waals surface area contributed by atoms with Crippen molar-refractivity contribution in [3.63, 3.8) is 0 Å². The SMILES string of the molecule is CC(C)(C)OC(=O)N[C@@H](Cc1ccccc1)C(=O)NCCCCNc1ncccn1. The van der Waals surface area contributed by atoms with Crippen LogP contribution in [0.3, 0.4) is 0 Å². The zero-order chi connectivity index (χ0) is 21.8. The first kappa shape index (κ1) is 23.1. The zero-order valence-electron chi connectivity index (χ0n) is 17.9. The van der Waals surface area contributed by atoms with Crippen LogP contribution in [-0.4, -0.2) is 46.7 Å². The van der Waals surface area contributed by atoms with Gasteiger partial charge in [-0.1, -0.05) is 30.3 Å². The van der Waals surface area contributed by atoms with E-state index in [9.17, 15) is 9.59 Å². The van der Waals surface area contributed by atoms with Gasteiger partial charge in [-0.05, 0) is 45.2 Å². The Morgan fingerprint density at radius 2 is 1.67 bits per heavy atom. The van der Waals surface area contributed by atoms with E-state index in [1.807, 2.05) is 30.3 Å². The molecule has 2 amide bonds. The van der Waals surface area contributed by atoms with Crippen molar-refractivity contribution >= 4 is 17.9 Å². The molecule has 0 radical (unpaired) electrons. The number of amides is 2. The van der Waals surface area contributed by atoms with Crippen LogP contribution in [0.25, 0.3) is 0 Å². The molecular weight excluding hydrogens is 382 g/mol. The molecule has 0 unspecified atom stereocenters. The van der Waals surface area contributed by atoms with Crippen LogP contribution in [0.15, 0.2) is 48.8 Å². The summed E-state index contributed by atoms with van der Waals surface area (Å²) < 4.78 is 5.31. The third-order valence-electron chi connectivity index (χ3n) is 4.04. The number of anilines is 1. The molecule has 8 nitrogen and oxygen atoms in total. The molecule has 2 rings (SSSR count). The lowest BCUT2D eigenvalue weighted by Gasteiger charge is -2.23. The molecule has 2 aromatic rings. The molecule has 1 aromatic heterocycles. The van der Waals surface area contributed by atoms with E-state index in [-0.39, 0.29) is 5.91 Å². The van der Waals surface area contributed by atoms with Gasteiger partial charge in [0.1, 0.15) is 11.6 Å². The molecule has 0 bridgehead atoms. The summed E-state index contributed by atoms with van der Waals surface area (Å²) in [6, 6.07) is 10.6. The summed E-state index contributed by atoms with van der Waals surface area (Å²) in [6.07, 6.45) is 4.78. The maximum atomic E-state index is 12.7. The molecule has 0 aliphatic rings. The Hall–Kier alpha value is -3.16. The molecule has 0 saturated heterocycles. The second kappa shape index (κ2) is 11.7. The number of nitrogens with zero attached hydrogens (tertiary/aromatic N) is 2. The summed E-state index contributed by atoms with van der Waals surface area (Å²) in [5, 5.41) is 8.72. The van der Waals surface area contributed by atoms with Crippen molar-refractivity contribution in [2.45, 2.75) is 51.7 Å². The number of nitrogens with one attached hydrogen (secondary N) is 3. The molecule has 0 saturated carbocycles. The van der Waals surface area contributed by atoms with Gasteiger partial charge in [0.2, 0.25) is 11.9 Å². The van der Waals surface area contributed by atoms with Crippen LogP contribution in [0, 0.1) is 0 Å². The van der Waals surface area contributed by atoms with E-state index in [2.05, 4.69) is 25.9 Å². The molecule has 0 aliphatic heterocycles. The normalized spacial score (nSPS) is 12.0. The van der Waals surface area contributed by atoms with Crippen LogP contribution in [-0.2, 0) is 16.0 Å². The van der Waals surface area contributed by atoms with Crippen LogP contribution in [0.4, 0.5) is 10.7 Å². The lowest BCUT2D eigenvalue weighted by Crippen LogP contribution is -2.49. The average molecular weight is 414 g/mol. The van der Waals surface area contributed by atoms with Crippen molar-refractivity contribution in [1.29, 1.82) is 0 Å². The van der Waals surface area contributed by atoms with Gasteiger partial charge in [0.25, 0.3) is 0 Å². The second-order valence-electron chi connectivity index (χ2n) is 7.89. The molecule has 0 spiro atoms. The highest BCUT2D eigenvalue weighted by molar-refractivity contribution is 5.86. The Morgan fingerprint density at radius 3 is 2.33 bits per heavy atom. The van der Waals surface area contributed by atoms with Gasteiger partial charge in [0.05, 0.1) is 0 Å². The summed E-state index contributed by atoms with van der Waals surface area (Å²) in [5.41, 5.74) is 0.327. The topological polar surface area (TPSA) is 105 Å². The monoisotopic (exact) mass is 413 g/mol. The maximum absolute atomic E-state index is 12.7. The summed E-state index contributed by atoms with van der Waals surface area (Å²) in [5.74, 6) is 0.357. The molecule has 1 aromatic carbocycles. The second-order valence-corrected chi connectivity index (χ2v) is 7.89. The van der Waals surface area contributed by atoms with Gasteiger partial charge in [-0.2, -0.15) is 0 Å². The van der Waals surface area contributed by atoms with Crippen molar-refractivity contribution in [3.8, 4) is 0 Å². The van der Waals surface area contributed by atoms with Crippen molar-refractivity contribution < 1.29 is 14.3 Å². The van der Waals surface area contributed by atoms with Crippen LogP contribution in [0.1, 0.15) is 39.2 Å². The number of alkyl carbamates (subject to hydrolysis) is 1. The van der Waals surface area contributed by atoms with Crippen LogP contribution >= 0.6 is 0 Å². The van der Waals surface area contributed by atoms with Gasteiger partial charge in [-0.25, -0.2) is 14.8 Å². The van der Waals surface area contributed by atoms with Crippen LogP contribution < -0.4 is 16.0 Å². The molecule has 1 atom stereocenters. The Morgan fingerprint density at radius 1 is 1.00 bits per heavy atom. The van der Waals surface area contributed by atoms with E-state index in [0.717, 1.165) is 18.4 Å². The summed E-state index contributed by atoms with van der Waals surface area (Å²) in [7, 11) is 0. The smallest absolute Gasteiger partial charge is 0.408 e. The average Bonchev–Trinajstić information content (AvgIpc) is 2.70. The van der Waals surface area contributed by atoms with E-state index in [0.29, 0.717) is 25.5 Å². The fourth-order valence-corrected chi connectivity index (χ4v) is 2.68. The number of aromatic nitrogens is 2. The standard InChI is InChI=1S/C22H31N5O3/c1-22(2,3)30-21(29)27-18(16-17-10-5-4-6-11-17)19(28)23-12-7-8-13-24-20-25-14-9-15-26-20/h4-6,9-11,14-15,18H,7-8,12-13,16H2,1-3H3,(H,23,28)(H,27,29)(H,24,25,26)/t18-/m0/s1. The van der Waals surface area contributed by atoms with Gasteiger partial charge < -0.3 is 20.7 Å². The van der Waals surface area contributed by atoms with Crippen molar-refractivity contribution in [2.75, 3.05) is 18.4 Å². The summed E-state index contributed by atoms with van der Waals surface area (Å²) in [4.78, 5) is 33.1. The van der Waals surface area contributed by atoms with E-state index in [1.165, 1.54) is 0 Å². The highest BCUT2D eigenvalue weighted by Gasteiger charge is 2.24. The van der Waals surface area contributed by atoms with E-state index in [1.54, 1.807) is 39.2 Å². The molecule has 3 N–H and O–H groups in total. The number of carbonyl (C=O) groups excluding carboxylic acids is 2. The van der Waals surface area contributed by atoms with Crippen LogP contribution in [0.2, 0.25) is 0 Å². The molecule has 30 heavy (non-hydrogen) atoms. The number of carbonyl (C=O) groups is 2.